The Morgan fingerprint density at radius 2 is 1.97 bits per heavy atom. The molecule has 0 radical (unpaired) electrons. The van der Waals surface area contributed by atoms with E-state index in [0.717, 1.165) is 91.8 Å². The maximum atomic E-state index is 10.7. The summed E-state index contributed by atoms with van der Waals surface area (Å²) in [6.07, 6.45) is 8.08. The van der Waals surface area contributed by atoms with Crippen LogP contribution in [-0.2, 0) is 19.9 Å². The van der Waals surface area contributed by atoms with Crippen molar-refractivity contribution >= 4 is 16.7 Å². The molecule has 0 saturated carbocycles. The molecule has 1 aromatic carbocycles. The van der Waals surface area contributed by atoms with Crippen LogP contribution in [0.5, 0.6) is 0 Å². The smallest absolute Gasteiger partial charge is 0.147 e. The molecule has 0 unspecified atom stereocenters. The van der Waals surface area contributed by atoms with Crippen molar-refractivity contribution in [3.63, 3.8) is 0 Å². The van der Waals surface area contributed by atoms with Gasteiger partial charge in [0.25, 0.3) is 0 Å². The van der Waals surface area contributed by atoms with Gasteiger partial charge >= 0.3 is 0 Å². The third-order valence-corrected chi connectivity index (χ3v) is 8.78. The Bertz CT molecular complexity index is 1420. The maximum Gasteiger partial charge on any atom is 0.147 e. The number of aryl methyl sites for hydroxylation is 2. The van der Waals surface area contributed by atoms with Gasteiger partial charge in [-0.15, -0.1) is 6.58 Å². The molecule has 0 atom stereocenters. The van der Waals surface area contributed by atoms with E-state index in [4.69, 9.17) is 4.98 Å². The average molecular weight is 481 g/mol. The second-order valence-corrected chi connectivity index (χ2v) is 12.2. The molecule has 3 aromatic rings. The van der Waals surface area contributed by atoms with Gasteiger partial charge in [0, 0.05) is 67.4 Å². The quantitative estimate of drug-likeness (QED) is 0.490. The Hall–Kier alpha value is -3.17. The number of benzene rings is 1. The Labute approximate surface area is 214 Å². The zero-order valence-electron chi connectivity index (χ0n) is 22.1. The molecule has 3 aliphatic rings. The van der Waals surface area contributed by atoms with E-state index < -0.39 is 0 Å². The molecule has 36 heavy (non-hydrogen) atoms. The van der Waals surface area contributed by atoms with Gasteiger partial charge < -0.3 is 4.90 Å². The number of nitrogens with zero attached hydrogens (tertiary/aromatic N) is 6. The number of rotatable bonds is 4. The summed E-state index contributed by atoms with van der Waals surface area (Å²) in [6, 6.07) is 6.96. The number of likely N-dealkylation sites (tertiary alicyclic amines) is 1. The number of aromatic nitrogens is 3. The van der Waals surface area contributed by atoms with E-state index in [1.165, 1.54) is 16.8 Å². The molecule has 0 N–H and O–H groups in total. The topological polar surface area (TPSA) is 61.0 Å². The van der Waals surface area contributed by atoms with Crippen molar-refractivity contribution in [3.05, 3.63) is 53.4 Å². The summed E-state index contributed by atoms with van der Waals surface area (Å²) in [5, 5.41) is 16.3. The van der Waals surface area contributed by atoms with Crippen molar-refractivity contribution in [2.75, 3.05) is 37.6 Å². The first-order valence-electron chi connectivity index (χ1n) is 13.2. The molecule has 0 amide bonds. The zero-order valence-corrected chi connectivity index (χ0v) is 22.1. The summed E-state index contributed by atoms with van der Waals surface area (Å²) in [4.78, 5) is 10.2. The van der Waals surface area contributed by atoms with Gasteiger partial charge in [-0.1, -0.05) is 32.1 Å². The molecule has 2 fully saturated rings. The minimum absolute atomic E-state index is 0.210. The van der Waals surface area contributed by atoms with Gasteiger partial charge in [-0.25, -0.2) is 4.98 Å². The van der Waals surface area contributed by atoms with E-state index in [-0.39, 0.29) is 5.41 Å². The van der Waals surface area contributed by atoms with Crippen molar-refractivity contribution in [3.8, 4) is 17.2 Å². The SMILES string of the molecule is C=CCN1CC2(CCN(c3nc4c(c(-c5c(C)ccc6cnn(C)c56)c3C#N)CCC(C)(C)C4)C2)C1. The maximum absolute atomic E-state index is 10.7. The van der Waals surface area contributed by atoms with Crippen molar-refractivity contribution in [1.29, 1.82) is 5.26 Å². The van der Waals surface area contributed by atoms with Gasteiger partial charge in [0.1, 0.15) is 17.5 Å². The molecule has 2 aromatic heterocycles. The lowest BCUT2D eigenvalue weighted by Crippen LogP contribution is -2.57. The highest BCUT2D eigenvalue weighted by Crippen LogP contribution is 2.47. The Kier molecular flexibility index (Phi) is 5.28. The molecule has 6 heteroatoms. The van der Waals surface area contributed by atoms with Crippen LogP contribution in [0, 0.1) is 29.1 Å². The molecule has 4 heterocycles. The Morgan fingerprint density at radius 1 is 1.17 bits per heavy atom. The van der Waals surface area contributed by atoms with Gasteiger partial charge in [0.15, 0.2) is 0 Å². The number of anilines is 1. The van der Waals surface area contributed by atoms with Crippen molar-refractivity contribution in [1.82, 2.24) is 19.7 Å². The van der Waals surface area contributed by atoms with Crippen molar-refractivity contribution in [2.24, 2.45) is 17.9 Å². The fraction of sp³-hybridized carbons (Fsp3) is 0.500. The minimum Gasteiger partial charge on any atom is -0.355 e. The van der Waals surface area contributed by atoms with E-state index in [1.54, 1.807) is 0 Å². The van der Waals surface area contributed by atoms with Crippen LogP contribution >= 0.6 is 0 Å². The summed E-state index contributed by atoms with van der Waals surface area (Å²) in [5.74, 6) is 0.890. The summed E-state index contributed by atoms with van der Waals surface area (Å²) in [7, 11) is 2.00. The number of nitriles is 1. The summed E-state index contributed by atoms with van der Waals surface area (Å²) >= 11 is 0. The van der Waals surface area contributed by atoms with Crippen LogP contribution in [0.15, 0.2) is 31.0 Å². The van der Waals surface area contributed by atoms with Crippen LogP contribution in [0.2, 0.25) is 0 Å². The lowest BCUT2D eigenvalue weighted by molar-refractivity contribution is 0.0288. The lowest BCUT2D eigenvalue weighted by Gasteiger charge is -2.47. The lowest BCUT2D eigenvalue weighted by atomic mass is 9.73. The fourth-order valence-corrected chi connectivity index (χ4v) is 6.96. The first kappa shape index (κ1) is 23.2. The molecule has 2 saturated heterocycles. The standard InChI is InChI=1S/C30H36N6/c1-6-12-35-17-30(18-35)11-13-36(19-30)28-23(15-31)26(22-9-10-29(3,4)14-24(22)33-28)25-20(2)7-8-21-16-32-34(5)27(21)25/h6-8,16H,1,9-14,17-19H2,2-5H3. The molecule has 2 aliphatic heterocycles. The van der Waals surface area contributed by atoms with Gasteiger partial charge in [-0.2, -0.15) is 10.4 Å². The highest BCUT2D eigenvalue weighted by molar-refractivity contribution is 5.99. The molecular formula is C30H36N6. The minimum atomic E-state index is 0.210. The second kappa shape index (κ2) is 8.18. The normalized spacial score (nSPS) is 20.4. The molecule has 186 valence electrons. The average Bonchev–Trinajstić information content (AvgIpc) is 3.42. The first-order valence-corrected chi connectivity index (χ1v) is 13.2. The fourth-order valence-electron chi connectivity index (χ4n) is 6.96. The van der Waals surface area contributed by atoms with Gasteiger partial charge in [-0.3, -0.25) is 9.58 Å². The highest BCUT2D eigenvalue weighted by Gasteiger charge is 2.48. The van der Waals surface area contributed by atoms with Crippen LogP contribution in [0.4, 0.5) is 5.82 Å². The third-order valence-electron chi connectivity index (χ3n) is 8.78. The monoisotopic (exact) mass is 480 g/mol. The van der Waals surface area contributed by atoms with E-state index in [0.29, 0.717) is 5.41 Å². The molecule has 6 rings (SSSR count). The van der Waals surface area contributed by atoms with Crippen LogP contribution in [0.1, 0.15) is 49.1 Å². The first-order chi connectivity index (χ1) is 17.2. The molecule has 0 bridgehead atoms. The summed E-state index contributed by atoms with van der Waals surface area (Å²) in [6.45, 7) is 15.8. The Morgan fingerprint density at radius 3 is 2.72 bits per heavy atom. The van der Waals surface area contributed by atoms with E-state index in [9.17, 15) is 5.26 Å². The van der Waals surface area contributed by atoms with Crippen LogP contribution in [0.25, 0.3) is 22.0 Å². The van der Waals surface area contributed by atoms with Gasteiger partial charge in [-0.05, 0) is 49.1 Å². The molecular weight excluding hydrogens is 444 g/mol. The summed E-state index contributed by atoms with van der Waals surface area (Å²) in [5.41, 5.74) is 8.24. The molecule has 1 spiro atoms. The Balaban J connectivity index is 1.54. The number of pyridine rings is 1. The van der Waals surface area contributed by atoms with Crippen molar-refractivity contribution in [2.45, 2.75) is 46.5 Å². The zero-order chi connectivity index (χ0) is 25.2. The largest absolute Gasteiger partial charge is 0.355 e. The van der Waals surface area contributed by atoms with Gasteiger partial charge in [0.05, 0.1) is 11.7 Å². The summed E-state index contributed by atoms with van der Waals surface area (Å²) < 4.78 is 1.96. The molecule has 6 nitrogen and oxygen atoms in total. The number of fused-ring (bicyclic) bond motifs is 2. The number of hydrogen-bond donors (Lipinski definition) is 0. The van der Waals surface area contributed by atoms with Crippen molar-refractivity contribution < 1.29 is 0 Å². The van der Waals surface area contributed by atoms with Crippen LogP contribution in [0.3, 0.4) is 0 Å². The van der Waals surface area contributed by atoms with E-state index in [1.807, 2.05) is 24.0 Å². The number of hydrogen-bond acceptors (Lipinski definition) is 5. The van der Waals surface area contributed by atoms with Crippen LogP contribution < -0.4 is 4.90 Å². The predicted molar refractivity (Wildman–Crippen MR) is 145 cm³/mol. The van der Waals surface area contributed by atoms with Crippen LogP contribution in [-0.4, -0.2) is 52.4 Å². The van der Waals surface area contributed by atoms with Gasteiger partial charge in [0.2, 0.25) is 0 Å². The second-order valence-electron chi connectivity index (χ2n) is 12.2. The van der Waals surface area contributed by atoms with E-state index >= 15 is 0 Å². The van der Waals surface area contributed by atoms with E-state index in [2.05, 4.69) is 60.5 Å². The predicted octanol–water partition coefficient (Wildman–Crippen LogP) is 5.03. The third kappa shape index (κ3) is 3.56. The molecule has 1 aliphatic carbocycles. The highest BCUT2D eigenvalue weighted by atomic mass is 15.3.